The molecule has 2 rings (SSSR count). The van der Waals surface area contributed by atoms with Crippen LogP contribution in [0.15, 0.2) is 24.3 Å². The third-order valence-corrected chi connectivity index (χ3v) is 5.93. The van der Waals surface area contributed by atoms with Crippen LogP contribution >= 0.6 is 34.3 Å². The van der Waals surface area contributed by atoms with Crippen molar-refractivity contribution in [3.05, 3.63) is 43.2 Å². The molecule has 104 valence electrons. The van der Waals surface area contributed by atoms with E-state index in [4.69, 9.17) is 11.6 Å². The topological polar surface area (TPSA) is 12.0 Å². The van der Waals surface area contributed by atoms with Gasteiger partial charge in [-0.05, 0) is 36.6 Å². The summed E-state index contributed by atoms with van der Waals surface area (Å²) in [4.78, 5) is 4.12. The van der Waals surface area contributed by atoms with E-state index in [9.17, 15) is 0 Å². The molecule has 0 radical (unpaired) electrons. The van der Waals surface area contributed by atoms with E-state index in [1.54, 1.807) is 11.3 Å². The van der Waals surface area contributed by atoms with Crippen molar-refractivity contribution in [1.29, 1.82) is 0 Å². The summed E-state index contributed by atoms with van der Waals surface area (Å²) in [6, 6.07) is 8.88. The Morgan fingerprint density at radius 1 is 1.16 bits per heavy atom. The van der Waals surface area contributed by atoms with Gasteiger partial charge >= 0.3 is 0 Å². The maximum atomic E-state index is 5.97. The van der Waals surface area contributed by atoms with E-state index >= 15 is 0 Å². The molecule has 0 aliphatic rings. The third kappa shape index (κ3) is 4.06. The van der Waals surface area contributed by atoms with Gasteiger partial charge in [0.05, 0.1) is 4.34 Å². The van der Waals surface area contributed by atoms with Crippen molar-refractivity contribution in [2.24, 2.45) is 0 Å². The summed E-state index contributed by atoms with van der Waals surface area (Å²) >= 11 is 9.51. The molecular weight excluding hydrogens is 294 g/mol. The highest BCUT2D eigenvalue weighted by Crippen LogP contribution is 2.30. The van der Waals surface area contributed by atoms with Crippen LogP contribution in [0.1, 0.15) is 48.4 Å². The first kappa shape index (κ1) is 15.0. The van der Waals surface area contributed by atoms with Crippen molar-refractivity contribution < 1.29 is 0 Å². The van der Waals surface area contributed by atoms with E-state index in [-0.39, 0.29) is 5.41 Å². The number of rotatable bonds is 4. The lowest BCUT2D eigenvalue weighted by Crippen LogP contribution is -2.16. The van der Waals surface area contributed by atoms with E-state index in [2.05, 4.69) is 51.2 Å². The Balaban J connectivity index is 1.94. The highest BCUT2D eigenvalue weighted by molar-refractivity contribution is 7.16. The van der Waals surface area contributed by atoms with Gasteiger partial charge in [-0.3, -0.25) is 0 Å². The van der Waals surface area contributed by atoms with Crippen molar-refractivity contribution in [2.75, 3.05) is 0 Å². The second-order valence-corrected chi connectivity index (χ2v) is 8.68. The molecule has 0 aliphatic carbocycles. The molecule has 1 atom stereocenters. The summed E-state index contributed by atoms with van der Waals surface area (Å²) in [5.74, 6) is 0. The first-order valence-corrected chi connectivity index (χ1v) is 8.45. The number of nitrogens with one attached hydrogen (secondary N) is 1. The Kier molecular flexibility index (Phi) is 4.72. The molecule has 0 spiro atoms. The maximum absolute atomic E-state index is 5.97. The summed E-state index contributed by atoms with van der Waals surface area (Å²) < 4.78 is 0.856. The quantitative estimate of drug-likeness (QED) is 0.773. The standard InChI is InChI=1S/C15H20ClNS2/c1-10(12-6-8-14(16)19-12)17-9-11-5-7-13(18-11)15(2,3)4/h5-8,10,17H,9H2,1-4H3. The van der Waals surface area contributed by atoms with E-state index in [0.29, 0.717) is 6.04 Å². The summed E-state index contributed by atoms with van der Waals surface area (Å²) in [5, 5.41) is 3.56. The first-order valence-electron chi connectivity index (χ1n) is 6.44. The zero-order valence-electron chi connectivity index (χ0n) is 11.8. The Labute approximate surface area is 128 Å². The fourth-order valence-corrected chi connectivity index (χ4v) is 3.90. The van der Waals surface area contributed by atoms with E-state index in [1.807, 2.05) is 17.4 Å². The van der Waals surface area contributed by atoms with E-state index in [1.165, 1.54) is 14.6 Å². The SMILES string of the molecule is CC(NCc1ccc(C(C)(C)C)s1)c1ccc(Cl)s1. The molecule has 0 fully saturated rings. The molecule has 4 heteroatoms. The minimum absolute atomic E-state index is 0.246. The molecule has 0 aliphatic heterocycles. The molecule has 19 heavy (non-hydrogen) atoms. The zero-order valence-corrected chi connectivity index (χ0v) is 14.2. The van der Waals surface area contributed by atoms with Crippen LogP contribution in [-0.4, -0.2) is 0 Å². The Morgan fingerprint density at radius 3 is 2.42 bits per heavy atom. The van der Waals surface area contributed by atoms with Gasteiger partial charge in [-0.2, -0.15) is 0 Å². The van der Waals surface area contributed by atoms with Gasteiger partial charge in [0.15, 0.2) is 0 Å². The number of halogens is 1. The van der Waals surface area contributed by atoms with Gasteiger partial charge in [-0.1, -0.05) is 32.4 Å². The predicted octanol–water partition coefficient (Wildman–Crippen LogP) is 5.61. The minimum Gasteiger partial charge on any atom is -0.305 e. The summed E-state index contributed by atoms with van der Waals surface area (Å²) in [7, 11) is 0. The van der Waals surface area contributed by atoms with Crippen molar-refractivity contribution in [2.45, 2.75) is 45.7 Å². The van der Waals surface area contributed by atoms with Crippen LogP contribution in [0.5, 0.6) is 0 Å². The van der Waals surface area contributed by atoms with Crippen LogP contribution < -0.4 is 5.32 Å². The fourth-order valence-electron chi connectivity index (χ4n) is 1.79. The smallest absolute Gasteiger partial charge is 0.0931 e. The minimum atomic E-state index is 0.246. The highest BCUT2D eigenvalue weighted by Gasteiger charge is 2.16. The van der Waals surface area contributed by atoms with Gasteiger partial charge in [-0.15, -0.1) is 22.7 Å². The molecule has 0 aromatic carbocycles. The van der Waals surface area contributed by atoms with E-state index in [0.717, 1.165) is 10.9 Å². The molecule has 0 amide bonds. The predicted molar refractivity (Wildman–Crippen MR) is 87.6 cm³/mol. The molecule has 2 heterocycles. The number of hydrogen-bond acceptors (Lipinski definition) is 3. The molecule has 0 bridgehead atoms. The van der Waals surface area contributed by atoms with Crippen LogP contribution in [0.4, 0.5) is 0 Å². The summed E-state index contributed by atoms with van der Waals surface area (Å²) in [6.45, 7) is 9.86. The Bertz CT molecular complexity index is 536. The largest absolute Gasteiger partial charge is 0.305 e. The zero-order chi connectivity index (χ0) is 14.0. The molecule has 2 aromatic rings. The lowest BCUT2D eigenvalue weighted by atomic mass is 9.95. The lowest BCUT2D eigenvalue weighted by Gasteiger charge is -2.15. The van der Waals surface area contributed by atoms with Gasteiger partial charge in [0.2, 0.25) is 0 Å². The number of thiophene rings is 2. The summed E-state index contributed by atoms with van der Waals surface area (Å²) in [5.41, 5.74) is 0.246. The summed E-state index contributed by atoms with van der Waals surface area (Å²) in [6.07, 6.45) is 0. The molecular formula is C15H20ClNS2. The van der Waals surface area contributed by atoms with Crippen LogP contribution in [0, 0.1) is 0 Å². The van der Waals surface area contributed by atoms with Gasteiger partial charge in [0, 0.05) is 27.2 Å². The second kappa shape index (κ2) is 5.96. The molecule has 0 saturated carbocycles. The fraction of sp³-hybridized carbons (Fsp3) is 0.467. The average Bonchev–Trinajstić information content (AvgIpc) is 2.93. The van der Waals surface area contributed by atoms with Crippen molar-refractivity contribution in [3.63, 3.8) is 0 Å². The lowest BCUT2D eigenvalue weighted by molar-refractivity contribution is 0.587. The Hall–Kier alpha value is -0.350. The normalized spacial score (nSPS) is 13.7. The molecule has 1 nitrogen and oxygen atoms in total. The first-order chi connectivity index (χ1) is 8.86. The van der Waals surface area contributed by atoms with Crippen LogP contribution in [-0.2, 0) is 12.0 Å². The highest BCUT2D eigenvalue weighted by atomic mass is 35.5. The van der Waals surface area contributed by atoms with Crippen LogP contribution in [0.25, 0.3) is 0 Å². The molecule has 1 N–H and O–H groups in total. The van der Waals surface area contributed by atoms with Gasteiger partial charge in [-0.25, -0.2) is 0 Å². The molecule has 2 aromatic heterocycles. The monoisotopic (exact) mass is 313 g/mol. The van der Waals surface area contributed by atoms with Crippen molar-refractivity contribution in [3.8, 4) is 0 Å². The number of hydrogen-bond donors (Lipinski definition) is 1. The maximum Gasteiger partial charge on any atom is 0.0931 e. The third-order valence-electron chi connectivity index (χ3n) is 3.00. The van der Waals surface area contributed by atoms with Gasteiger partial charge in [0.1, 0.15) is 0 Å². The second-order valence-electron chi connectivity index (χ2n) is 5.76. The van der Waals surface area contributed by atoms with Gasteiger partial charge in [0.25, 0.3) is 0 Å². The van der Waals surface area contributed by atoms with Crippen molar-refractivity contribution >= 4 is 34.3 Å². The van der Waals surface area contributed by atoms with Crippen LogP contribution in [0.3, 0.4) is 0 Å². The van der Waals surface area contributed by atoms with Gasteiger partial charge < -0.3 is 5.32 Å². The van der Waals surface area contributed by atoms with E-state index < -0.39 is 0 Å². The van der Waals surface area contributed by atoms with Crippen LogP contribution in [0.2, 0.25) is 4.34 Å². The average molecular weight is 314 g/mol. The van der Waals surface area contributed by atoms with Crippen molar-refractivity contribution in [1.82, 2.24) is 5.32 Å². The Morgan fingerprint density at radius 2 is 1.89 bits per heavy atom. The molecule has 0 saturated heterocycles. The molecule has 1 unspecified atom stereocenters.